The SMILES string of the molecule is CC(C)CCn1c(CCl)nc2cc(C#N)ccc21. The van der Waals surface area contributed by atoms with Crippen LogP contribution in [0, 0.1) is 17.2 Å². The van der Waals surface area contributed by atoms with E-state index in [2.05, 4.69) is 29.5 Å². The van der Waals surface area contributed by atoms with Crippen LogP contribution in [0.4, 0.5) is 0 Å². The van der Waals surface area contributed by atoms with Crippen molar-refractivity contribution >= 4 is 22.6 Å². The van der Waals surface area contributed by atoms with E-state index < -0.39 is 0 Å². The van der Waals surface area contributed by atoms with Gasteiger partial charge in [-0.25, -0.2) is 4.98 Å². The maximum absolute atomic E-state index is 8.90. The molecule has 0 unspecified atom stereocenters. The molecule has 3 nitrogen and oxygen atoms in total. The zero-order valence-electron chi connectivity index (χ0n) is 10.7. The lowest BCUT2D eigenvalue weighted by atomic mass is 10.1. The molecule has 1 aromatic carbocycles. The Bertz CT molecular complexity index is 593. The minimum absolute atomic E-state index is 0.397. The monoisotopic (exact) mass is 261 g/mol. The molecule has 1 aromatic heterocycles. The van der Waals surface area contributed by atoms with E-state index in [0.29, 0.717) is 17.4 Å². The smallest absolute Gasteiger partial charge is 0.124 e. The van der Waals surface area contributed by atoms with Crippen LogP contribution in [0.15, 0.2) is 18.2 Å². The second kappa shape index (κ2) is 5.41. The van der Waals surface area contributed by atoms with Gasteiger partial charge in [-0.05, 0) is 30.5 Å². The Morgan fingerprint density at radius 1 is 1.44 bits per heavy atom. The van der Waals surface area contributed by atoms with Crippen molar-refractivity contribution in [3.05, 3.63) is 29.6 Å². The molecule has 0 bridgehead atoms. The Hall–Kier alpha value is -1.53. The summed E-state index contributed by atoms with van der Waals surface area (Å²) in [6, 6.07) is 7.73. The minimum atomic E-state index is 0.397. The fraction of sp³-hybridized carbons (Fsp3) is 0.429. The number of hydrogen-bond donors (Lipinski definition) is 0. The number of hydrogen-bond acceptors (Lipinski definition) is 2. The highest BCUT2D eigenvalue weighted by atomic mass is 35.5. The van der Waals surface area contributed by atoms with E-state index in [1.807, 2.05) is 18.2 Å². The molecule has 0 N–H and O–H groups in total. The average Bonchev–Trinajstić information content (AvgIpc) is 2.72. The number of imidazole rings is 1. The minimum Gasteiger partial charge on any atom is -0.327 e. The molecule has 0 radical (unpaired) electrons. The summed E-state index contributed by atoms with van der Waals surface area (Å²) in [4.78, 5) is 4.50. The third-order valence-corrected chi connectivity index (χ3v) is 3.25. The second-order valence-corrected chi connectivity index (χ2v) is 5.08. The summed E-state index contributed by atoms with van der Waals surface area (Å²) in [5, 5.41) is 8.90. The van der Waals surface area contributed by atoms with Gasteiger partial charge in [-0.1, -0.05) is 13.8 Å². The molecule has 0 aliphatic rings. The van der Waals surface area contributed by atoms with Crippen molar-refractivity contribution in [1.29, 1.82) is 5.26 Å². The van der Waals surface area contributed by atoms with E-state index in [1.54, 1.807) is 0 Å². The first-order valence-electron chi connectivity index (χ1n) is 6.11. The first kappa shape index (κ1) is 12.9. The van der Waals surface area contributed by atoms with E-state index >= 15 is 0 Å². The summed E-state index contributed by atoms with van der Waals surface area (Å²) in [6.45, 7) is 5.32. The molecule has 0 amide bonds. The van der Waals surface area contributed by atoms with E-state index in [0.717, 1.165) is 29.8 Å². The molecule has 2 rings (SSSR count). The highest BCUT2D eigenvalue weighted by molar-refractivity contribution is 6.16. The molecule has 1 heterocycles. The van der Waals surface area contributed by atoms with Gasteiger partial charge in [-0.3, -0.25) is 0 Å². The molecule has 2 aromatic rings. The van der Waals surface area contributed by atoms with Crippen LogP contribution in [0.2, 0.25) is 0 Å². The molecule has 0 spiro atoms. The van der Waals surface area contributed by atoms with E-state index in [1.165, 1.54) is 0 Å². The summed E-state index contributed by atoms with van der Waals surface area (Å²) in [6.07, 6.45) is 1.09. The molecular formula is C14H16ClN3. The van der Waals surface area contributed by atoms with Crippen LogP contribution in [0.3, 0.4) is 0 Å². The molecular weight excluding hydrogens is 246 g/mol. The first-order valence-corrected chi connectivity index (χ1v) is 6.64. The Morgan fingerprint density at radius 2 is 2.22 bits per heavy atom. The highest BCUT2D eigenvalue weighted by Crippen LogP contribution is 2.20. The third kappa shape index (κ3) is 2.49. The van der Waals surface area contributed by atoms with Crippen molar-refractivity contribution in [3.63, 3.8) is 0 Å². The predicted octanol–water partition coefficient (Wildman–Crippen LogP) is 3.69. The van der Waals surface area contributed by atoms with Crippen molar-refractivity contribution in [2.45, 2.75) is 32.7 Å². The van der Waals surface area contributed by atoms with Gasteiger partial charge >= 0.3 is 0 Å². The summed E-state index contributed by atoms with van der Waals surface area (Å²) < 4.78 is 2.16. The Balaban J connectivity index is 2.46. The summed E-state index contributed by atoms with van der Waals surface area (Å²) in [7, 11) is 0. The molecule has 0 aliphatic heterocycles. The van der Waals surface area contributed by atoms with Crippen LogP contribution in [0.1, 0.15) is 31.7 Å². The number of benzene rings is 1. The summed E-state index contributed by atoms with van der Waals surface area (Å²) >= 11 is 5.94. The number of alkyl halides is 1. The predicted molar refractivity (Wildman–Crippen MR) is 73.5 cm³/mol. The van der Waals surface area contributed by atoms with Gasteiger partial charge in [0.15, 0.2) is 0 Å². The topological polar surface area (TPSA) is 41.6 Å². The highest BCUT2D eigenvalue weighted by Gasteiger charge is 2.10. The number of fused-ring (bicyclic) bond motifs is 1. The number of rotatable bonds is 4. The zero-order valence-corrected chi connectivity index (χ0v) is 11.4. The van der Waals surface area contributed by atoms with Gasteiger partial charge in [0, 0.05) is 6.54 Å². The molecule has 0 atom stereocenters. The number of nitrogens with zero attached hydrogens (tertiary/aromatic N) is 3. The molecule has 0 saturated carbocycles. The van der Waals surface area contributed by atoms with Crippen molar-refractivity contribution in [2.24, 2.45) is 5.92 Å². The lowest BCUT2D eigenvalue weighted by Crippen LogP contribution is -2.04. The molecule has 0 fully saturated rings. The first-order chi connectivity index (χ1) is 8.65. The maximum Gasteiger partial charge on any atom is 0.124 e. The van der Waals surface area contributed by atoms with Gasteiger partial charge in [-0.15, -0.1) is 11.6 Å². The Labute approximate surface area is 112 Å². The third-order valence-electron chi connectivity index (χ3n) is 3.01. The quantitative estimate of drug-likeness (QED) is 0.788. The number of aromatic nitrogens is 2. The van der Waals surface area contributed by atoms with E-state index in [-0.39, 0.29) is 0 Å². The Kier molecular flexibility index (Phi) is 3.88. The van der Waals surface area contributed by atoms with Crippen LogP contribution in [-0.2, 0) is 12.4 Å². The van der Waals surface area contributed by atoms with Gasteiger partial charge in [0.25, 0.3) is 0 Å². The van der Waals surface area contributed by atoms with Gasteiger partial charge in [0.1, 0.15) is 5.82 Å². The molecule has 94 valence electrons. The van der Waals surface area contributed by atoms with Crippen molar-refractivity contribution < 1.29 is 0 Å². The van der Waals surface area contributed by atoms with E-state index in [4.69, 9.17) is 16.9 Å². The average molecular weight is 262 g/mol. The largest absolute Gasteiger partial charge is 0.327 e. The molecule has 4 heteroatoms. The van der Waals surface area contributed by atoms with Crippen LogP contribution < -0.4 is 0 Å². The van der Waals surface area contributed by atoms with Crippen molar-refractivity contribution in [2.75, 3.05) is 0 Å². The number of nitriles is 1. The van der Waals surface area contributed by atoms with Crippen molar-refractivity contribution in [3.8, 4) is 6.07 Å². The lowest BCUT2D eigenvalue weighted by Gasteiger charge is -2.09. The Morgan fingerprint density at radius 3 is 2.83 bits per heavy atom. The van der Waals surface area contributed by atoms with Crippen LogP contribution in [0.25, 0.3) is 11.0 Å². The molecule has 0 saturated heterocycles. The van der Waals surface area contributed by atoms with Gasteiger partial charge in [0.05, 0.1) is 28.5 Å². The van der Waals surface area contributed by atoms with E-state index in [9.17, 15) is 0 Å². The normalized spacial score (nSPS) is 11.1. The fourth-order valence-electron chi connectivity index (χ4n) is 1.99. The standard InChI is InChI=1S/C14H16ClN3/c1-10(2)5-6-18-13-4-3-11(9-16)7-12(13)17-14(18)8-15/h3-4,7,10H,5-6,8H2,1-2H3. The van der Waals surface area contributed by atoms with Gasteiger partial charge in [-0.2, -0.15) is 5.26 Å². The molecule has 18 heavy (non-hydrogen) atoms. The fourth-order valence-corrected chi connectivity index (χ4v) is 2.19. The molecule has 0 aliphatic carbocycles. The van der Waals surface area contributed by atoms with Crippen LogP contribution in [-0.4, -0.2) is 9.55 Å². The van der Waals surface area contributed by atoms with Gasteiger partial charge in [0.2, 0.25) is 0 Å². The number of aryl methyl sites for hydroxylation is 1. The summed E-state index contributed by atoms with van der Waals surface area (Å²) in [5.41, 5.74) is 2.55. The lowest BCUT2D eigenvalue weighted by molar-refractivity contribution is 0.516. The summed E-state index contributed by atoms with van der Waals surface area (Å²) in [5.74, 6) is 1.92. The number of halogens is 1. The van der Waals surface area contributed by atoms with Crippen LogP contribution in [0.5, 0.6) is 0 Å². The maximum atomic E-state index is 8.90. The van der Waals surface area contributed by atoms with Crippen molar-refractivity contribution in [1.82, 2.24) is 9.55 Å². The van der Waals surface area contributed by atoms with Gasteiger partial charge < -0.3 is 4.57 Å². The van der Waals surface area contributed by atoms with Crippen LogP contribution >= 0.6 is 11.6 Å². The zero-order chi connectivity index (χ0) is 13.1. The second-order valence-electron chi connectivity index (χ2n) is 4.81.